The van der Waals surface area contributed by atoms with Gasteiger partial charge in [-0.15, -0.1) is 0 Å². The Balaban J connectivity index is 1.46. The first kappa shape index (κ1) is 21.4. The van der Waals surface area contributed by atoms with Crippen LogP contribution in [0.2, 0.25) is 0 Å². The van der Waals surface area contributed by atoms with Crippen LogP contribution in [0, 0.1) is 22.6 Å². The molecular weight excluding hydrogens is 449 g/mol. The van der Waals surface area contributed by atoms with E-state index in [1.54, 1.807) is 13.1 Å². The van der Waals surface area contributed by atoms with E-state index in [1.165, 1.54) is 33.4 Å². The fraction of sp³-hybridized carbons (Fsp3) is 0.318. The smallest absolute Gasteiger partial charge is 0.301 e. The monoisotopic (exact) mass is 469 g/mol. The molecule has 9 nitrogen and oxygen atoms in total. The van der Waals surface area contributed by atoms with E-state index in [0.717, 1.165) is 25.3 Å². The van der Waals surface area contributed by atoms with Crippen molar-refractivity contribution in [2.24, 2.45) is 12.5 Å². The second-order valence-corrected chi connectivity index (χ2v) is 10.3. The van der Waals surface area contributed by atoms with Crippen molar-refractivity contribution in [3.05, 3.63) is 58.4 Å². The Morgan fingerprint density at radius 2 is 2.00 bits per heavy atom. The molecule has 1 aliphatic heterocycles. The number of nitriles is 1. The van der Waals surface area contributed by atoms with E-state index >= 15 is 0 Å². The molecule has 2 heterocycles. The molecule has 0 bridgehead atoms. The van der Waals surface area contributed by atoms with Crippen molar-refractivity contribution in [1.29, 1.82) is 5.26 Å². The zero-order valence-electron chi connectivity index (χ0n) is 17.7. The number of hydrogen-bond acceptors (Lipinski definition) is 6. The number of benzene rings is 2. The number of halogens is 1. The van der Waals surface area contributed by atoms with Gasteiger partial charge in [-0.05, 0) is 48.6 Å². The minimum absolute atomic E-state index is 0.0816. The minimum Gasteiger partial charge on any atom is -0.453 e. The summed E-state index contributed by atoms with van der Waals surface area (Å²) in [5.41, 5.74) is -0.164. The molecule has 0 atom stereocenters. The minimum atomic E-state index is -3.90. The van der Waals surface area contributed by atoms with Gasteiger partial charge in [-0.2, -0.15) is 18.0 Å². The van der Waals surface area contributed by atoms with Gasteiger partial charge in [0.1, 0.15) is 17.4 Å². The van der Waals surface area contributed by atoms with E-state index in [2.05, 4.69) is 9.71 Å². The van der Waals surface area contributed by atoms with Gasteiger partial charge in [0.25, 0.3) is 5.56 Å². The van der Waals surface area contributed by atoms with Crippen molar-refractivity contribution in [1.82, 2.24) is 13.9 Å². The quantitative estimate of drug-likeness (QED) is 0.614. The molecule has 0 amide bonds. The largest absolute Gasteiger partial charge is 0.453 e. The average Bonchev–Trinajstić information content (AvgIpc) is 2.71. The molecule has 11 heteroatoms. The van der Waals surface area contributed by atoms with E-state index in [9.17, 15) is 22.9 Å². The number of anilines is 1. The highest BCUT2D eigenvalue weighted by atomic mass is 32.2. The Morgan fingerprint density at radius 3 is 2.67 bits per heavy atom. The highest BCUT2D eigenvalue weighted by Gasteiger charge is 2.51. The number of aryl methyl sites for hydroxylation is 1. The van der Waals surface area contributed by atoms with E-state index in [1.807, 2.05) is 6.07 Å². The summed E-state index contributed by atoms with van der Waals surface area (Å²) in [5.74, 6) is -1.17. The van der Waals surface area contributed by atoms with E-state index in [0.29, 0.717) is 18.6 Å². The van der Waals surface area contributed by atoms with Gasteiger partial charge in [-0.25, -0.2) is 9.37 Å². The molecule has 2 aromatic carbocycles. The van der Waals surface area contributed by atoms with Crippen molar-refractivity contribution in [2.75, 3.05) is 17.8 Å². The molecule has 2 aliphatic rings. The Morgan fingerprint density at radius 1 is 1.24 bits per heavy atom. The van der Waals surface area contributed by atoms with E-state index < -0.39 is 21.8 Å². The van der Waals surface area contributed by atoms with Crippen LogP contribution in [0.5, 0.6) is 11.5 Å². The molecule has 1 saturated carbocycles. The van der Waals surface area contributed by atoms with Gasteiger partial charge in [-0.1, -0.05) is 6.42 Å². The molecular formula is C22H20FN5O4S. The molecule has 1 spiro atoms. The first-order valence-electron chi connectivity index (χ1n) is 10.4. The topological polar surface area (TPSA) is 117 Å². The second-order valence-electron chi connectivity index (χ2n) is 8.58. The van der Waals surface area contributed by atoms with Crippen molar-refractivity contribution in [3.8, 4) is 17.6 Å². The first-order valence-corrected chi connectivity index (χ1v) is 11.8. The number of ether oxygens (including phenoxy) is 1. The first-order chi connectivity index (χ1) is 15.7. The van der Waals surface area contributed by atoms with Gasteiger partial charge >= 0.3 is 10.2 Å². The normalized spacial score (nSPS) is 17.2. The highest BCUT2D eigenvalue weighted by molar-refractivity contribution is 7.90. The molecule has 3 aromatic rings. The summed E-state index contributed by atoms with van der Waals surface area (Å²) in [6.45, 7) is 0.879. The average molecular weight is 469 g/mol. The fourth-order valence-electron chi connectivity index (χ4n) is 4.29. The third-order valence-electron chi connectivity index (χ3n) is 6.35. The second kappa shape index (κ2) is 7.54. The Kier molecular flexibility index (Phi) is 4.88. The molecule has 0 radical (unpaired) electrons. The number of hydrogen-bond donors (Lipinski definition) is 1. The van der Waals surface area contributed by atoms with Gasteiger partial charge < -0.3 is 9.30 Å². The molecule has 0 unspecified atom stereocenters. The molecule has 170 valence electrons. The van der Waals surface area contributed by atoms with E-state index in [4.69, 9.17) is 4.74 Å². The molecule has 33 heavy (non-hydrogen) atoms. The third-order valence-corrected chi connectivity index (χ3v) is 7.76. The lowest BCUT2D eigenvalue weighted by molar-refractivity contribution is -0.00752. The van der Waals surface area contributed by atoms with Crippen LogP contribution in [0.3, 0.4) is 0 Å². The predicted molar refractivity (Wildman–Crippen MR) is 119 cm³/mol. The maximum absolute atomic E-state index is 14.6. The van der Waals surface area contributed by atoms with Crippen LogP contribution >= 0.6 is 0 Å². The Bertz CT molecular complexity index is 1480. The van der Waals surface area contributed by atoms with Crippen LogP contribution in [-0.4, -0.2) is 35.4 Å². The number of nitrogens with one attached hydrogen (secondary N) is 1. The SMILES string of the molecule is Cn1cnc2ccc(Oc3c(F)ccc(NS(=O)(=O)N4CC5(CCC5)C4)c3C#N)cc2c1=O. The molecule has 2 fully saturated rings. The Hall–Kier alpha value is -3.49. The van der Waals surface area contributed by atoms with E-state index in [-0.39, 0.29) is 33.4 Å². The molecule has 1 aromatic heterocycles. The van der Waals surface area contributed by atoms with Crippen LogP contribution in [0.15, 0.2) is 41.5 Å². The Labute approximate surface area is 189 Å². The summed E-state index contributed by atoms with van der Waals surface area (Å²) < 4.78 is 50.8. The summed E-state index contributed by atoms with van der Waals surface area (Å²) >= 11 is 0. The van der Waals surface area contributed by atoms with Gasteiger partial charge in [0.15, 0.2) is 11.6 Å². The van der Waals surface area contributed by atoms with Crippen molar-refractivity contribution in [3.63, 3.8) is 0 Å². The molecule has 5 rings (SSSR count). The third kappa shape index (κ3) is 3.61. The van der Waals surface area contributed by atoms with Crippen LogP contribution in [0.4, 0.5) is 10.1 Å². The van der Waals surface area contributed by atoms with Crippen LogP contribution in [-0.2, 0) is 17.3 Å². The fourth-order valence-corrected chi connectivity index (χ4v) is 5.76. The number of aromatic nitrogens is 2. The standard InChI is InChI=1S/C22H20FN5O4S/c1-27-13-25-18-5-3-14(9-15(18)21(27)29)32-20-16(10-24)19(6-4-17(20)23)26-33(30,31)28-11-22(12-28)7-2-8-22/h3-6,9,13,26H,2,7-8,11-12H2,1H3. The summed E-state index contributed by atoms with van der Waals surface area (Å²) in [6.07, 6.45) is 4.53. The summed E-state index contributed by atoms with van der Waals surface area (Å²) in [5, 5.41) is 9.94. The highest BCUT2D eigenvalue weighted by Crippen LogP contribution is 2.49. The number of rotatable bonds is 5. The lowest BCUT2D eigenvalue weighted by Gasteiger charge is -2.54. The van der Waals surface area contributed by atoms with Crippen LogP contribution in [0.1, 0.15) is 24.8 Å². The van der Waals surface area contributed by atoms with Crippen molar-refractivity contribution >= 4 is 26.8 Å². The number of nitrogens with zero attached hydrogens (tertiary/aromatic N) is 4. The maximum Gasteiger partial charge on any atom is 0.301 e. The van der Waals surface area contributed by atoms with Gasteiger partial charge in [0, 0.05) is 20.1 Å². The summed E-state index contributed by atoms with van der Waals surface area (Å²) in [7, 11) is -2.34. The zero-order chi connectivity index (χ0) is 23.4. The maximum atomic E-state index is 14.6. The number of fused-ring (bicyclic) bond motifs is 1. The lowest BCUT2D eigenvalue weighted by atomic mass is 9.65. The van der Waals surface area contributed by atoms with Crippen molar-refractivity contribution in [2.45, 2.75) is 19.3 Å². The molecule has 1 aliphatic carbocycles. The van der Waals surface area contributed by atoms with Gasteiger partial charge in [-0.3, -0.25) is 9.52 Å². The summed E-state index contributed by atoms with van der Waals surface area (Å²) in [4.78, 5) is 16.5. The van der Waals surface area contributed by atoms with Crippen LogP contribution in [0.25, 0.3) is 10.9 Å². The molecule has 1 saturated heterocycles. The summed E-state index contributed by atoms with van der Waals surface area (Å²) in [6, 6.07) is 8.49. The van der Waals surface area contributed by atoms with Gasteiger partial charge in [0.05, 0.1) is 22.9 Å². The van der Waals surface area contributed by atoms with Crippen LogP contribution < -0.4 is 15.0 Å². The van der Waals surface area contributed by atoms with Crippen molar-refractivity contribution < 1.29 is 17.5 Å². The van der Waals surface area contributed by atoms with Gasteiger partial charge in [0.2, 0.25) is 0 Å². The lowest BCUT2D eigenvalue weighted by Crippen LogP contribution is -2.62. The predicted octanol–water partition coefficient (Wildman–Crippen LogP) is 2.88. The zero-order valence-corrected chi connectivity index (χ0v) is 18.5. The molecule has 1 N–H and O–H groups in total.